The lowest BCUT2D eigenvalue weighted by atomic mass is 10.0. The molecule has 0 fully saturated rings. The predicted octanol–water partition coefficient (Wildman–Crippen LogP) is 2.98. The molecule has 0 spiro atoms. The van der Waals surface area contributed by atoms with Crippen molar-refractivity contribution in [3.05, 3.63) is 71.3 Å². The molecule has 132 valence electrons. The predicted molar refractivity (Wildman–Crippen MR) is 85.6 cm³/mol. The van der Waals surface area contributed by atoms with Crippen LogP contribution in [0.25, 0.3) is 0 Å². The SMILES string of the molecule is COC(=O)[C@H](Cc1c(F)cccc1F)NC(=O)OCc1ccccc1. The molecule has 0 heterocycles. The van der Waals surface area contributed by atoms with Crippen LogP contribution in [-0.4, -0.2) is 25.2 Å². The zero-order valence-corrected chi connectivity index (χ0v) is 13.5. The molecule has 1 N–H and O–H groups in total. The van der Waals surface area contributed by atoms with Gasteiger partial charge in [-0.1, -0.05) is 36.4 Å². The van der Waals surface area contributed by atoms with Gasteiger partial charge >= 0.3 is 12.1 Å². The molecule has 2 aromatic carbocycles. The van der Waals surface area contributed by atoms with Crippen LogP contribution in [-0.2, 0) is 27.3 Å². The third-order valence-corrected chi connectivity index (χ3v) is 3.46. The number of nitrogens with one attached hydrogen (secondary N) is 1. The van der Waals surface area contributed by atoms with Crippen LogP contribution in [0.15, 0.2) is 48.5 Å². The van der Waals surface area contributed by atoms with E-state index in [-0.39, 0.29) is 12.2 Å². The van der Waals surface area contributed by atoms with E-state index in [4.69, 9.17) is 4.74 Å². The average Bonchev–Trinajstić information content (AvgIpc) is 2.62. The summed E-state index contributed by atoms with van der Waals surface area (Å²) in [5.41, 5.74) is 0.439. The molecule has 0 saturated carbocycles. The van der Waals surface area contributed by atoms with Crippen molar-refractivity contribution in [1.29, 1.82) is 0 Å². The Hall–Kier alpha value is -2.96. The summed E-state index contributed by atoms with van der Waals surface area (Å²) in [5, 5.41) is 2.27. The number of benzene rings is 2. The second-order valence-corrected chi connectivity index (χ2v) is 5.19. The molecule has 0 radical (unpaired) electrons. The van der Waals surface area contributed by atoms with Gasteiger partial charge in [-0.3, -0.25) is 0 Å². The van der Waals surface area contributed by atoms with Crippen LogP contribution in [0.5, 0.6) is 0 Å². The zero-order chi connectivity index (χ0) is 18.2. The van der Waals surface area contributed by atoms with Crippen LogP contribution in [0.2, 0.25) is 0 Å². The van der Waals surface area contributed by atoms with E-state index in [1.165, 1.54) is 6.07 Å². The molecule has 2 rings (SSSR count). The number of hydrogen-bond acceptors (Lipinski definition) is 4. The maximum Gasteiger partial charge on any atom is 0.408 e. The first-order valence-corrected chi connectivity index (χ1v) is 7.49. The Kier molecular flexibility index (Phi) is 6.45. The van der Waals surface area contributed by atoms with Crippen molar-refractivity contribution < 1.29 is 27.8 Å². The van der Waals surface area contributed by atoms with E-state index in [1.807, 2.05) is 6.07 Å². The Balaban J connectivity index is 2.02. The first-order chi connectivity index (χ1) is 12.0. The van der Waals surface area contributed by atoms with Gasteiger partial charge in [-0.2, -0.15) is 0 Å². The molecular formula is C18H17F2NO4. The Morgan fingerprint density at radius 2 is 1.68 bits per heavy atom. The Morgan fingerprint density at radius 1 is 1.04 bits per heavy atom. The number of methoxy groups -OCH3 is 1. The topological polar surface area (TPSA) is 64.6 Å². The van der Waals surface area contributed by atoms with E-state index in [2.05, 4.69) is 10.1 Å². The van der Waals surface area contributed by atoms with Gasteiger partial charge in [0.15, 0.2) is 0 Å². The fourth-order valence-corrected chi connectivity index (χ4v) is 2.17. The highest BCUT2D eigenvalue weighted by molar-refractivity contribution is 5.81. The highest BCUT2D eigenvalue weighted by Gasteiger charge is 2.25. The second-order valence-electron chi connectivity index (χ2n) is 5.19. The molecule has 0 aliphatic carbocycles. The van der Waals surface area contributed by atoms with E-state index in [1.54, 1.807) is 24.3 Å². The standard InChI is InChI=1S/C18H17F2NO4/c1-24-17(22)16(10-13-14(19)8-5-9-15(13)20)21-18(23)25-11-12-6-3-2-4-7-12/h2-9,16H,10-11H2,1H3,(H,21,23)/t16-/m0/s1. The van der Waals surface area contributed by atoms with Crippen molar-refractivity contribution in [3.63, 3.8) is 0 Å². The number of halogens is 2. The molecule has 0 aromatic heterocycles. The van der Waals surface area contributed by atoms with Crippen LogP contribution in [0.3, 0.4) is 0 Å². The number of hydrogen-bond donors (Lipinski definition) is 1. The highest BCUT2D eigenvalue weighted by Crippen LogP contribution is 2.15. The maximum absolute atomic E-state index is 13.7. The first-order valence-electron chi connectivity index (χ1n) is 7.49. The third kappa shape index (κ3) is 5.27. The van der Waals surface area contributed by atoms with Gasteiger partial charge in [-0.15, -0.1) is 0 Å². The third-order valence-electron chi connectivity index (χ3n) is 3.46. The van der Waals surface area contributed by atoms with Gasteiger partial charge in [0.05, 0.1) is 7.11 Å². The fourth-order valence-electron chi connectivity index (χ4n) is 2.17. The molecule has 7 heteroatoms. The molecule has 2 aromatic rings. The van der Waals surface area contributed by atoms with Crippen LogP contribution >= 0.6 is 0 Å². The van der Waals surface area contributed by atoms with Gasteiger partial charge in [0, 0.05) is 12.0 Å². The number of amides is 1. The summed E-state index contributed by atoms with van der Waals surface area (Å²) in [6.07, 6.45) is -1.29. The number of ether oxygens (including phenoxy) is 2. The lowest BCUT2D eigenvalue weighted by Crippen LogP contribution is -2.43. The summed E-state index contributed by atoms with van der Waals surface area (Å²) < 4.78 is 37.1. The second kappa shape index (κ2) is 8.77. The molecule has 0 aliphatic heterocycles. The summed E-state index contributed by atoms with van der Waals surface area (Å²) in [6.45, 7) is -0.00533. The summed E-state index contributed by atoms with van der Waals surface area (Å²) in [7, 11) is 1.12. The van der Waals surface area contributed by atoms with Gasteiger partial charge in [0.1, 0.15) is 24.3 Å². The van der Waals surface area contributed by atoms with Gasteiger partial charge in [-0.25, -0.2) is 18.4 Å². The van der Waals surface area contributed by atoms with Gasteiger partial charge in [-0.05, 0) is 17.7 Å². The minimum atomic E-state index is -1.28. The van der Waals surface area contributed by atoms with Gasteiger partial charge in [0.2, 0.25) is 0 Å². The van der Waals surface area contributed by atoms with Crippen LogP contribution < -0.4 is 5.32 Å². The number of alkyl carbamates (subject to hydrolysis) is 1. The minimum absolute atomic E-state index is 0.00533. The monoisotopic (exact) mass is 349 g/mol. The molecule has 0 bridgehead atoms. The van der Waals surface area contributed by atoms with E-state index in [9.17, 15) is 18.4 Å². The van der Waals surface area contributed by atoms with Crippen LogP contribution in [0.1, 0.15) is 11.1 Å². The number of carbonyl (C=O) groups excluding carboxylic acids is 2. The Labute approximate surface area is 143 Å². The molecule has 0 aliphatic rings. The Bertz CT molecular complexity index is 717. The van der Waals surface area contributed by atoms with E-state index in [0.717, 1.165) is 24.8 Å². The molecule has 25 heavy (non-hydrogen) atoms. The van der Waals surface area contributed by atoms with Gasteiger partial charge in [0.25, 0.3) is 0 Å². The first kappa shape index (κ1) is 18.4. The lowest BCUT2D eigenvalue weighted by Gasteiger charge is -2.17. The summed E-state index contributed by atoms with van der Waals surface area (Å²) in [4.78, 5) is 23.7. The molecule has 0 unspecified atom stereocenters. The van der Waals surface area contributed by atoms with Crippen LogP contribution in [0.4, 0.5) is 13.6 Å². The number of rotatable bonds is 6. The molecule has 1 amide bonds. The van der Waals surface area contributed by atoms with Crippen molar-refractivity contribution >= 4 is 12.1 Å². The number of esters is 1. The summed E-state index contributed by atoms with van der Waals surface area (Å²) in [5.74, 6) is -2.46. The normalized spacial score (nSPS) is 11.5. The summed E-state index contributed by atoms with van der Waals surface area (Å²) in [6, 6.07) is 11.0. The highest BCUT2D eigenvalue weighted by atomic mass is 19.1. The van der Waals surface area contributed by atoms with Gasteiger partial charge < -0.3 is 14.8 Å². The summed E-state index contributed by atoms with van der Waals surface area (Å²) >= 11 is 0. The Morgan fingerprint density at radius 3 is 2.28 bits per heavy atom. The molecule has 0 saturated heterocycles. The van der Waals surface area contributed by atoms with Crippen LogP contribution in [0, 0.1) is 11.6 Å². The maximum atomic E-state index is 13.7. The number of carbonyl (C=O) groups is 2. The van der Waals surface area contributed by atoms with Crippen molar-refractivity contribution in [3.8, 4) is 0 Å². The van der Waals surface area contributed by atoms with Crippen molar-refractivity contribution in [2.24, 2.45) is 0 Å². The van der Waals surface area contributed by atoms with Crippen molar-refractivity contribution in [2.75, 3.05) is 7.11 Å². The van der Waals surface area contributed by atoms with Crippen molar-refractivity contribution in [2.45, 2.75) is 19.1 Å². The lowest BCUT2D eigenvalue weighted by molar-refractivity contribution is -0.143. The van der Waals surface area contributed by atoms with E-state index >= 15 is 0 Å². The van der Waals surface area contributed by atoms with E-state index in [0.29, 0.717) is 0 Å². The zero-order valence-electron chi connectivity index (χ0n) is 13.5. The smallest absolute Gasteiger partial charge is 0.408 e. The minimum Gasteiger partial charge on any atom is -0.467 e. The average molecular weight is 349 g/mol. The molecule has 1 atom stereocenters. The molecular weight excluding hydrogens is 332 g/mol. The molecule has 5 nitrogen and oxygen atoms in total. The van der Waals surface area contributed by atoms with E-state index < -0.39 is 36.2 Å². The quantitative estimate of drug-likeness (QED) is 0.815. The van der Waals surface area contributed by atoms with Crippen molar-refractivity contribution in [1.82, 2.24) is 5.32 Å². The fraction of sp³-hybridized carbons (Fsp3) is 0.222. The largest absolute Gasteiger partial charge is 0.467 e.